The minimum Gasteiger partial charge on any atom is -0.497 e. The Kier molecular flexibility index (Phi) is 5.36. The third kappa shape index (κ3) is 3.95. The number of benzene rings is 1. The summed E-state index contributed by atoms with van der Waals surface area (Å²) in [4.78, 5) is 11.3. The van der Waals surface area contributed by atoms with E-state index in [1.807, 2.05) is 0 Å². The van der Waals surface area contributed by atoms with Crippen LogP contribution in [0.3, 0.4) is 0 Å². The lowest BCUT2D eigenvalue weighted by molar-refractivity contribution is -0.140. The topological polar surface area (TPSA) is 92.7 Å². The SMILES string of the molecule is COc1cc(C)c(S(=O)(=O)NC(C(=O)O)C(C)C)c(C)c1. The van der Waals surface area contributed by atoms with Crippen molar-refractivity contribution in [3.05, 3.63) is 23.3 Å². The van der Waals surface area contributed by atoms with Crippen LogP contribution in [0, 0.1) is 19.8 Å². The first-order chi connectivity index (χ1) is 9.60. The average molecular weight is 315 g/mol. The first kappa shape index (κ1) is 17.5. The number of aryl methyl sites for hydroxylation is 2. The second-order valence-corrected chi connectivity index (χ2v) is 6.92. The number of nitrogens with one attached hydrogen (secondary N) is 1. The van der Waals surface area contributed by atoms with Gasteiger partial charge in [0.1, 0.15) is 11.8 Å². The van der Waals surface area contributed by atoms with Crippen LogP contribution in [0.15, 0.2) is 17.0 Å². The fourth-order valence-electron chi connectivity index (χ4n) is 2.15. The molecule has 0 aliphatic carbocycles. The third-order valence-corrected chi connectivity index (χ3v) is 4.90. The zero-order valence-electron chi connectivity index (χ0n) is 12.8. The van der Waals surface area contributed by atoms with Gasteiger partial charge in [-0.15, -0.1) is 0 Å². The molecule has 21 heavy (non-hydrogen) atoms. The van der Waals surface area contributed by atoms with E-state index >= 15 is 0 Å². The maximum absolute atomic E-state index is 12.5. The number of methoxy groups -OCH3 is 1. The summed E-state index contributed by atoms with van der Waals surface area (Å²) < 4.78 is 32.3. The summed E-state index contributed by atoms with van der Waals surface area (Å²) in [7, 11) is -2.42. The van der Waals surface area contributed by atoms with Crippen molar-refractivity contribution < 1.29 is 23.1 Å². The highest BCUT2D eigenvalue weighted by Crippen LogP contribution is 2.26. The van der Waals surface area contributed by atoms with Crippen LogP contribution in [-0.4, -0.2) is 32.6 Å². The number of ether oxygens (including phenoxy) is 1. The number of carbonyl (C=O) groups is 1. The second kappa shape index (κ2) is 6.44. The molecule has 2 N–H and O–H groups in total. The molecule has 0 aliphatic heterocycles. The maximum atomic E-state index is 12.5. The Morgan fingerprint density at radius 3 is 2.05 bits per heavy atom. The zero-order valence-corrected chi connectivity index (χ0v) is 13.6. The van der Waals surface area contributed by atoms with E-state index in [1.54, 1.807) is 39.8 Å². The van der Waals surface area contributed by atoms with Gasteiger partial charge in [0.25, 0.3) is 0 Å². The third-order valence-electron chi connectivity index (χ3n) is 3.15. The summed E-state index contributed by atoms with van der Waals surface area (Å²) in [6.07, 6.45) is 0. The molecule has 0 aromatic heterocycles. The van der Waals surface area contributed by atoms with Crippen LogP contribution in [0.4, 0.5) is 0 Å². The van der Waals surface area contributed by atoms with E-state index in [0.29, 0.717) is 16.9 Å². The molecule has 0 fully saturated rings. The van der Waals surface area contributed by atoms with Crippen molar-refractivity contribution in [1.82, 2.24) is 4.72 Å². The lowest BCUT2D eigenvalue weighted by atomic mass is 10.1. The van der Waals surface area contributed by atoms with Gasteiger partial charge in [0.15, 0.2) is 0 Å². The molecule has 7 heteroatoms. The number of carboxylic acid groups (broad SMARTS) is 1. The molecule has 1 atom stereocenters. The molecule has 0 aliphatic rings. The van der Waals surface area contributed by atoms with Crippen LogP contribution in [-0.2, 0) is 14.8 Å². The average Bonchev–Trinajstić information content (AvgIpc) is 2.33. The van der Waals surface area contributed by atoms with Crippen LogP contribution in [0.2, 0.25) is 0 Å². The lowest BCUT2D eigenvalue weighted by Gasteiger charge is -2.20. The van der Waals surface area contributed by atoms with Crippen molar-refractivity contribution in [3.8, 4) is 5.75 Å². The van der Waals surface area contributed by atoms with Crippen LogP contribution in [0.1, 0.15) is 25.0 Å². The highest BCUT2D eigenvalue weighted by Gasteiger charge is 2.30. The molecule has 118 valence electrons. The Bertz CT molecular complexity index is 614. The van der Waals surface area contributed by atoms with E-state index in [-0.39, 0.29) is 10.8 Å². The van der Waals surface area contributed by atoms with Crippen molar-refractivity contribution in [2.45, 2.75) is 38.6 Å². The monoisotopic (exact) mass is 315 g/mol. The Hall–Kier alpha value is -1.60. The van der Waals surface area contributed by atoms with Gasteiger partial charge >= 0.3 is 5.97 Å². The van der Waals surface area contributed by atoms with Crippen LogP contribution in [0.5, 0.6) is 5.75 Å². The molecule has 1 aromatic rings. The van der Waals surface area contributed by atoms with Gasteiger partial charge in [-0.25, -0.2) is 8.42 Å². The Morgan fingerprint density at radius 2 is 1.71 bits per heavy atom. The van der Waals surface area contributed by atoms with Crippen LogP contribution in [0.25, 0.3) is 0 Å². The quantitative estimate of drug-likeness (QED) is 0.833. The predicted octanol–water partition coefficient (Wildman–Crippen LogP) is 1.70. The standard InChI is InChI=1S/C14H21NO5S/c1-8(2)12(14(16)17)15-21(18,19)13-9(3)6-11(20-5)7-10(13)4/h6-8,12,15H,1-5H3,(H,16,17). The van der Waals surface area contributed by atoms with Crippen molar-refractivity contribution in [3.63, 3.8) is 0 Å². The summed E-state index contributed by atoms with van der Waals surface area (Å²) in [5, 5.41) is 9.13. The van der Waals surface area contributed by atoms with Gasteiger partial charge in [0, 0.05) is 0 Å². The van der Waals surface area contributed by atoms with E-state index < -0.39 is 22.0 Å². The van der Waals surface area contributed by atoms with E-state index in [0.717, 1.165) is 0 Å². The van der Waals surface area contributed by atoms with Gasteiger partial charge in [-0.3, -0.25) is 4.79 Å². The molecule has 0 saturated heterocycles. The van der Waals surface area contributed by atoms with Gasteiger partial charge in [-0.1, -0.05) is 13.8 Å². The molecule has 1 aromatic carbocycles. The molecule has 1 rings (SSSR count). The molecule has 6 nitrogen and oxygen atoms in total. The van der Waals surface area contributed by atoms with Crippen LogP contribution >= 0.6 is 0 Å². The highest BCUT2D eigenvalue weighted by atomic mass is 32.2. The normalized spacial score (nSPS) is 13.2. The van der Waals surface area contributed by atoms with Gasteiger partial charge in [-0.2, -0.15) is 4.72 Å². The van der Waals surface area contributed by atoms with E-state index in [9.17, 15) is 13.2 Å². The molecular weight excluding hydrogens is 294 g/mol. The summed E-state index contributed by atoms with van der Waals surface area (Å²) >= 11 is 0. The van der Waals surface area contributed by atoms with Crippen molar-refractivity contribution in [2.24, 2.45) is 5.92 Å². The molecule has 0 heterocycles. The molecule has 0 bridgehead atoms. The summed E-state index contributed by atoms with van der Waals surface area (Å²) in [6, 6.07) is 2.04. The fraction of sp³-hybridized carbons (Fsp3) is 0.500. The Morgan fingerprint density at radius 1 is 1.24 bits per heavy atom. The predicted molar refractivity (Wildman–Crippen MR) is 79.1 cm³/mol. The first-order valence-corrected chi connectivity index (χ1v) is 7.98. The molecule has 1 unspecified atom stereocenters. The Balaban J connectivity index is 3.29. The van der Waals surface area contributed by atoms with Gasteiger partial charge in [0.05, 0.1) is 12.0 Å². The number of hydrogen-bond acceptors (Lipinski definition) is 4. The number of rotatable bonds is 6. The Labute approximate surface area is 125 Å². The second-order valence-electron chi connectivity index (χ2n) is 5.27. The minimum absolute atomic E-state index is 0.0928. The van der Waals surface area contributed by atoms with Gasteiger partial charge in [-0.05, 0) is 43.0 Å². The highest BCUT2D eigenvalue weighted by molar-refractivity contribution is 7.89. The molecule has 0 saturated carbocycles. The molecular formula is C14H21NO5S. The summed E-state index contributed by atoms with van der Waals surface area (Å²) in [5.41, 5.74) is 1.01. The molecule has 0 amide bonds. The van der Waals surface area contributed by atoms with Crippen molar-refractivity contribution in [2.75, 3.05) is 7.11 Å². The first-order valence-electron chi connectivity index (χ1n) is 6.50. The number of sulfonamides is 1. The maximum Gasteiger partial charge on any atom is 0.322 e. The smallest absolute Gasteiger partial charge is 0.322 e. The largest absolute Gasteiger partial charge is 0.497 e. The van der Waals surface area contributed by atoms with E-state index in [2.05, 4.69) is 4.72 Å². The zero-order chi connectivity index (χ0) is 16.4. The van der Waals surface area contributed by atoms with Crippen molar-refractivity contribution >= 4 is 16.0 Å². The molecule has 0 spiro atoms. The van der Waals surface area contributed by atoms with E-state index in [4.69, 9.17) is 9.84 Å². The van der Waals surface area contributed by atoms with E-state index in [1.165, 1.54) is 7.11 Å². The van der Waals surface area contributed by atoms with Crippen LogP contribution < -0.4 is 9.46 Å². The number of hydrogen-bond donors (Lipinski definition) is 2. The fourth-order valence-corrected chi connectivity index (χ4v) is 3.94. The number of aliphatic carboxylic acids is 1. The van der Waals surface area contributed by atoms with Gasteiger partial charge in [0.2, 0.25) is 10.0 Å². The van der Waals surface area contributed by atoms with Gasteiger partial charge < -0.3 is 9.84 Å². The molecule has 0 radical (unpaired) electrons. The van der Waals surface area contributed by atoms with Crippen molar-refractivity contribution in [1.29, 1.82) is 0 Å². The summed E-state index contributed by atoms with van der Waals surface area (Å²) in [6.45, 7) is 6.59. The lowest BCUT2D eigenvalue weighted by Crippen LogP contribution is -2.44. The summed E-state index contributed by atoms with van der Waals surface area (Å²) in [5.74, 6) is -1.00. The number of carboxylic acids is 1. The minimum atomic E-state index is -3.92.